The van der Waals surface area contributed by atoms with E-state index in [9.17, 15) is 42.1 Å². The molecular weight excluding hydrogens is 706 g/mol. The van der Waals surface area contributed by atoms with Gasteiger partial charge in [-0.15, -0.1) is 0 Å². The number of benzene rings is 2. The summed E-state index contributed by atoms with van der Waals surface area (Å²) >= 11 is 0. The normalized spacial score (nSPS) is 16.4. The molecule has 53 heavy (non-hydrogen) atoms. The van der Waals surface area contributed by atoms with Crippen LogP contribution >= 0.6 is 0 Å². The lowest BCUT2D eigenvalue weighted by Gasteiger charge is -2.38. The maximum absolute atomic E-state index is 15.0. The zero-order chi connectivity index (χ0) is 38.3. The number of alkyl halides is 3. The molecule has 0 aliphatic carbocycles. The Morgan fingerprint density at radius 1 is 1.02 bits per heavy atom. The molecule has 1 unspecified atom stereocenters. The van der Waals surface area contributed by atoms with Crippen LogP contribution in [0, 0.1) is 15.9 Å². The molecule has 0 saturated carbocycles. The van der Waals surface area contributed by atoms with Crippen molar-refractivity contribution < 1.29 is 41.2 Å². The number of fused-ring (bicyclic) bond motifs is 2. The first-order chi connectivity index (χ1) is 24.9. The molecule has 2 aromatic heterocycles. The maximum Gasteiger partial charge on any atom is 0.449 e. The summed E-state index contributed by atoms with van der Waals surface area (Å²) in [4.78, 5) is 54.8. The number of hydrogen-bond acceptors (Lipinski definition) is 9. The molecule has 17 heteroatoms. The van der Waals surface area contributed by atoms with Crippen molar-refractivity contribution >= 4 is 11.8 Å². The van der Waals surface area contributed by atoms with Gasteiger partial charge in [-0.2, -0.15) is 13.2 Å². The Labute approximate surface area is 299 Å². The molecule has 0 bridgehead atoms. The quantitative estimate of drug-likeness (QED) is 0.124. The summed E-state index contributed by atoms with van der Waals surface area (Å²) in [5.74, 6) is -1.57. The van der Waals surface area contributed by atoms with E-state index in [0.29, 0.717) is 13.1 Å². The van der Waals surface area contributed by atoms with Crippen molar-refractivity contribution in [3.8, 4) is 0 Å². The molecule has 6 rings (SSSR count). The number of carbonyl (C=O) groups is 1. The van der Waals surface area contributed by atoms with E-state index in [0.717, 1.165) is 10.6 Å². The number of aromatic nitrogens is 2. The smallest absolute Gasteiger partial charge is 0.449 e. The third-order valence-electron chi connectivity index (χ3n) is 9.29. The van der Waals surface area contributed by atoms with Crippen molar-refractivity contribution in [1.82, 2.24) is 19.4 Å². The number of nitrogens with one attached hydrogen (secondary N) is 1. The predicted octanol–water partition coefficient (Wildman–Crippen LogP) is 6.00. The molecule has 1 saturated heterocycles. The van der Waals surface area contributed by atoms with Gasteiger partial charge in [-0.05, 0) is 57.4 Å². The number of non-ortho nitro benzene ring substituents is 1. The molecule has 13 nitrogen and oxygen atoms in total. The highest BCUT2D eigenvalue weighted by atomic mass is 19.4. The predicted molar refractivity (Wildman–Crippen MR) is 180 cm³/mol. The molecule has 1 fully saturated rings. The Balaban J connectivity index is 1.40. The van der Waals surface area contributed by atoms with Crippen LogP contribution < -0.4 is 16.6 Å². The van der Waals surface area contributed by atoms with Crippen molar-refractivity contribution in [3.05, 3.63) is 131 Å². The number of carbonyl (C=O) groups excluding carboxylic acids is 1. The maximum atomic E-state index is 15.0. The van der Waals surface area contributed by atoms with Gasteiger partial charge in [-0.3, -0.25) is 28.9 Å². The first-order valence-corrected chi connectivity index (χ1v) is 16.8. The molecule has 1 atom stereocenters. The van der Waals surface area contributed by atoms with Gasteiger partial charge < -0.3 is 19.2 Å². The van der Waals surface area contributed by atoms with Crippen LogP contribution in [0.1, 0.15) is 73.6 Å². The number of ether oxygens (including phenoxy) is 2. The molecule has 2 aromatic carbocycles. The van der Waals surface area contributed by atoms with Gasteiger partial charge in [0.2, 0.25) is 5.76 Å². The number of piperidine rings is 1. The highest BCUT2D eigenvalue weighted by Crippen LogP contribution is 2.43. The van der Waals surface area contributed by atoms with E-state index in [1.807, 2.05) is 4.90 Å². The molecule has 282 valence electrons. The van der Waals surface area contributed by atoms with Gasteiger partial charge in [0.25, 0.3) is 11.2 Å². The summed E-state index contributed by atoms with van der Waals surface area (Å²) in [6.45, 7) is 4.70. The van der Waals surface area contributed by atoms with Crippen LogP contribution in [0.15, 0.2) is 74.7 Å². The Morgan fingerprint density at radius 2 is 1.74 bits per heavy atom. The van der Waals surface area contributed by atoms with Crippen LogP contribution in [-0.2, 0) is 47.5 Å². The third kappa shape index (κ3) is 8.05. The fraction of sp³-hybridized carbons (Fsp3) is 0.417. The van der Waals surface area contributed by atoms with Crippen LogP contribution in [0.25, 0.3) is 0 Å². The van der Waals surface area contributed by atoms with Crippen LogP contribution in [0.5, 0.6) is 0 Å². The first-order valence-electron chi connectivity index (χ1n) is 16.8. The zero-order valence-electron chi connectivity index (χ0n) is 29.1. The van der Waals surface area contributed by atoms with Crippen LogP contribution in [0.2, 0.25) is 0 Å². The second-order valence-corrected chi connectivity index (χ2v) is 14.1. The van der Waals surface area contributed by atoms with Gasteiger partial charge in [0.15, 0.2) is 0 Å². The van der Waals surface area contributed by atoms with Gasteiger partial charge in [-0.25, -0.2) is 14.0 Å². The van der Waals surface area contributed by atoms with Crippen LogP contribution in [-0.4, -0.2) is 43.7 Å². The molecular formula is C36H37F4N5O8. The fourth-order valence-corrected chi connectivity index (χ4v) is 6.77. The Hall–Kier alpha value is -5.29. The Bertz CT molecular complexity index is 2140. The van der Waals surface area contributed by atoms with E-state index >= 15 is 0 Å². The molecule has 0 radical (unpaired) electrons. The number of hydrogen-bond donors (Lipinski definition) is 1. The number of likely N-dealkylation sites (tertiary alicyclic amines) is 1. The number of halogens is 4. The number of amides is 1. The van der Waals surface area contributed by atoms with E-state index < -0.39 is 63.8 Å². The topological polar surface area (TPSA) is 151 Å². The summed E-state index contributed by atoms with van der Waals surface area (Å²) in [5.41, 5.74) is -3.17. The third-order valence-corrected chi connectivity index (χ3v) is 9.29. The monoisotopic (exact) mass is 743 g/mol. The van der Waals surface area contributed by atoms with Gasteiger partial charge >= 0.3 is 18.0 Å². The fourth-order valence-electron chi connectivity index (χ4n) is 6.77. The van der Waals surface area contributed by atoms with Crippen molar-refractivity contribution in [2.24, 2.45) is 0 Å². The molecule has 1 N–H and O–H groups in total. The van der Waals surface area contributed by atoms with Crippen molar-refractivity contribution in [1.29, 1.82) is 0 Å². The SMILES string of the molecule is CC(C)(C)OC(=O)NC(Cn1c(=O)c2c(n(Cc3ccccc3F)c1=O)COC21CCN(Cc2ccc(C(F)(F)F)o2)CC1)c1cccc([N+](=O)[O-])c1. The zero-order valence-corrected chi connectivity index (χ0v) is 29.1. The number of nitrogens with zero attached hydrogens (tertiary/aromatic N) is 4. The highest BCUT2D eigenvalue weighted by molar-refractivity contribution is 5.68. The average molecular weight is 744 g/mol. The Morgan fingerprint density at radius 3 is 2.38 bits per heavy atom. The van der Waals surface area contributed by atoms with Crippen LogP contribution in [0.4, 0.5) is 28.0 Å². The molecule has 4 aromatic rings. The number of nitro groups is 1. The molecule has 2 aliphatic rings. The van der Waals surface area contributed by atoms with Crippen molar-refractivity contribution in [2.45, 2.75) is 83.3 Å². The number of nitro benzene ring substituents is 1. The largest absolute Gasteiger partial charge is 0.455 e. The van der Waals surface area contributed by atoms with E-state index in [1.54, 1.807) is 26.8 Å². The van der Waals surface area contributed by atoms with Crippen molar-refractivity contribution in [3.63, 3.8) is 0 Å². The van der Waals surface area contributed by atoms with E-state index in [1.165, 1.54) is 53.1 Å². The lowest BCUT2D eigenvalue weighted by atomic mass is 9.85. The van der Waals surface area contributed by atoms with Crippen LogP contribution in [0.3, 0.4) is 0 Å². The second kappa shape index (κ2) is 14.3. The van der Waals surface area contributed by atoms with Gasteiger partial charge in [-0.1, -0.05) is 30.3 Å². The summed E-state index contributed by atoms with van der Waals surface area (Å²) in [5, 5.41) is 14.3. The highest BCUT2D eigenvalue weighted by Gasteiger charge is 2.47. The lowest BCUT2D eigenvalue weighted by Crippen LogP contribution is -2.50. The summed E-state index contributed by atoms with van der Waals surface area (Å²) in [6.07, 6.45) is -5.07. The van der Waals surface area contributed by atoms with Gasteiger partial charge in [0.05, 0.1) is 48.5 Å². The Kier molecular flexibility index (Phi) is 10.1. The second-order valence-electron chi connectivity index (χ2n) is 14.1. The summed E-state index contributed by atoms with van der Waals surface area (Å²) in [7, 11) is 0. The number of furan rings is 1. The lowest BCUT2D eigenvalue weighted by molar-refractivity contribution is -0.384. The first kappa shape index (κ1) is 37.5. The van der Waals surface area contributed by atoms with Crippen molar-refractivity contribution in [2.75, 3.05) is 13.1 Å². The number of rotatable bonds is 9. The van der Waals surface area contributed by atoms with E-state index in [-0.39, 0.29) is 66.4 Å². The van der Waals surface area contributed by atoms with Gasteiger partial charge in [0.1, 0.15) is 22.8 Å². The molecule has 4 heterocycles. The van der Waals surface area contributed by atoms with E-state index in [4.69, 9.17) is 13.9 Å². The number of alkyl carbamates (subject to hydrolysis) is 1. The molecule has 1 amide bonds. The minimum absolute atomic E-state index is 0.0806. The van der Waals surface area contributed by atoms with E-state index in [2.05, 4.69) is 5.32 Å². The molecule has 1 spiro atoms. The summed E-state index contributed by atoms with van der Waals surface area (Å²) in [6, 6.07) is 12.2. The minimum Gasteiger partial charge on any atom is -0.455 e. The van der Waals surface area contributed by atoms with Gasteiger partial charge in [0, 0.05) is 30.8 Å². The minimum atomic E-state index is -4.62. The average Bonchev–Trinajstić information content (AvgIpc) is 3.71. The summed E-state index contributed by atoms with van der Waals surface area (Å²) < 4.78 is 73.2. The molecule has 2 aliphatic heterocycles. The standard InChI is InChI=1S/C36H37F4N5O8/c1-34(2,3)53-32(47)41-27(22-8-6-9-24(17-22)45(49)50)20-44-31(46)30-28(43(33(44)48)18-23-7-4-5-10-26(23)37)21-51-35(30)13-15-42(16-14-35)19-25-11-12-29(52-25)36(38,39)40/h4-12,17,27H,13-16,18-21H2,1-3H3,(H,41,47).